The Bertz CT molecular complexity index is 548. The van der Waals surface area contributed by atoms with Gasteiger partial charge in [-0.15, -0.1) is 0 Å². The number of amides is 1. The maximum Gasteiger partial charge on any atom is 0.337 e. The van der Waals surface area contributed by atoms with Crippen molar-refractivity contribution in [3.8, 4) is 0 Å². The summed E-state index contributed by atoms with van der Waals surface area (Å²) in [4.78, 5) is 23.4. The third kappa shape index (κ3) is 4.03. The summed E-state index contributed by atoms with van der Waals surface area (Å²) in [5, 5.41) is 20.8. The van der Waals surface area contributed by atoms with Gasteiger partial charge in [0.25, 0.3) is 5.91 Å². The first kappa shape index (κ1) is 17.6. The predicted molar refractivity (Wildman–Crippen MR) is 85.1 cm³/mol. The number of aromatic carboxylic acids is 1. The van der Waals surface area contributed by atoms with Gasteiger partial charge < -0.3 is 15.5 Å². The van der Waals surface area contributed by atoms with Gasteiger partial charge in [0.15, 0.2) is 0 Å². The lowest BCUT2D eigenvalue weighted by atomic mass is 10.1. The van der Waals surface area contributed by atoms with E-state index in [1.807, 2.05) is 0 Å². The molecule has 1 aromatic rings. The molecule has 1 aromatic carbocycles. The van der Waals surface area contributed by atoms with Crippen LogP contribution in [0.4, 0.5) is 0 Å². The van der Waals surface area contributed by atoms with Gasteiger partial charge in [0.05, 0.1) is 11.1 Å². The molecule has 0 saturated carbocycles. The van der Waals surface area contributed by atoms with Crippen LogP contribution in [0.3, 0.4) is 0 Å². The zero-order valence-electron chi connectivity index (χ0n) is 10.4. The Balaban J connectivity index is 3.17. The fraction of sp³-hybridized carbons (Fsp3) is 0.333. The predicted octanol–water partition coefficient (Wildman–Crippen LogP) is 3.03. The highest BCUT2D eigenvalue weighted by Gasteiger charge is 2.23. The second-order valence-electron chi connectivity index (χ2n) is 4.21. The Morgan fingerprint density at radius 1 is 1.30 bits per heavy atom. The van der Waals surface area contributed by atoms with Crippen molar-refractivity contribution in [2.24, 2.45) is 5.92 Å². The van der Waals surface area contributed by atoms with Gasteiger partial charge in [0, 0.05) is 26.6 Å². The number of hydrogen-bond donors (Lipinski definition) is 3. The van der Waals surface area contributed by atoms with Crippen molar-refractivity contribution in [2.75, 3.05) is 13.2 Å². The van der Waals surface area contributed by atoms with Gasteiger partial charge in [-0.05, 0) is 59.8 Å². The van der Waals surface area contributed by atoms with E-state index in [-0.39, 0.29) is 30.2 Å². The minimum atomic E-state index is -1.20. The van der Waals surface area contributed by atoms with Crippen LogP contribution in [-0.4, -0.2) is 35.2 Å². The first-order valence-electron chi connectivity index (χ1n) is 5.59. The largest absolute Gasteiger partial charge is 0.478 e. The third-order valence-electron chi connectivity index (χ3n) is 2.54. The van der Waals surface area contributed by atoms with Gasteiger partial charge in [-0.1, -0.05) is 6.92 Å². The van der Waals surface area contributed by atoms with Crippen molar-refractivity contribution in [3.05, 3.63) is 30.6 Å². The Morgan fingerprint density at radius 2 is 1.90 bits per heavy atom. The molecule has 1 amide bonds. The van der Waals surface area contributed by atoms with Crippen LogP contribution in [0, 0.1) is 5.92 Å². The molecule has 0 radical (unpaired) electrons. The minimum Gasteiger partial charge on any atom is -0.478 e. The fourth-order valence-corrected chi connectivity index (χ4v) is 3.01. The van der Waals surface area contributed by atoms with Crippen molar-refractivity contribution in [1.82, 2.24) is 5.32 Å². The van der Waals surface area contributed by atoms with E-state index in [9.17, 15) is 14.7 Å². The molecule has 0 fully saturated rings. The number of carboxylic acids is 1. The summed E-state index contributed by atoms with van der Waals surface area (Å²) >= 11 is 9.65. The third-order valence-corrected chi connectivity index (χ3v) is 5.85. The normalized spacial score (nSPS) is 12.1. The molecule has 1 rings (SSSR count). The highest BCUT2D eigenvalue weighted by atomic mass is 79.9. The monoisotopic (exact) mass is 471 g/mol. The lowest BCUT2D eigenvalue weighted by molar-refractivity contribution is 0.0689. The van der Waals surface area contributed by atoms with E-state index >= 15 is 0 Å². The number of halogens is 3. The summed E-state index contributed by atoms with van der Waals surface area (Å²) in [6.07, 6.45) is 0. The average molecular weight is 474 g/mol. The number of nitrogens with one attached hydrogen (secondary N) is 1. The van der Waals surface area contributed by atoms with Crippen LogP contribution < -0.4 is 5.32 Å². The number of aliphatic hydroxyl groups is 1. The number of benzene rings is 1. The molecule has 0 heterocycles. The standard InChI is InChI=1S/C12H12Br3NO4/c1-5(4-17)3-16-11(18)6-2-7(13)9(14)10(15)8(6)12(19)20/h2,5,17H,3-4H2,1H3,(H,16,18)(H,19,20). The second kappa shape index (κ2) is 7.53. The first-order valence-corrected chi connectivity index (χ1v) is 7.97. The quantitative estimate of drug-likeness (QED) is 0.574. The Morgan fingerprint density at radius 3 is 2.40 bits per heavy atom. The van der Waals surface area contributed by atoms with E-state index < -0.39 is 11.9 Å². The van der Waals surface area contributed by atoms with Gasteiger partial charge in [-0.3, -0.25) is 4.79 Å². The molecule has 0 aliphatic rings. The SMILES string of the molecule is CC(CO)CNC(=O)c1cc(Br)c(Br)c(Br)c1C(=O)O. The van der Waals surface area contributed by atoms with E-state index in [4.69, 9.17) is 5.11 Å². The van der Waals surface area contributed by atoms with Gasteiger partial charge in [0.2, 0.25) is 0 Å². The number of carboxylic acid groups (broad SMARTS) is 1. The van der Waals surface area contributed by atoms with Crippen LogP contribution in [0.25, 0.3) is 0 Å². The highest BCUT2D eigenvalue weighted by molar-refractivity contribution is 9.14. The Labute approximate surface area is 141 Å². The molecule has 20 heavy (non-hydrogen) atoms. The number of carbonyl (C=O) groups excluding carboxylic acids is 1. The Kier molecular flexibility index (Phi) is 6.63. The zero-order chi connectivity index (χ0) is 15.4. The highest BCUT2D eigenvalue weighted by Crippen LogP contribution is 2.36. The van der Waals surface area contributed by atoms with Gasteiger partial charge in [-0.2, -0.15) is 0 Å². The van der Waals surface area contributed by atoms with E-state index in [0.717, 1.165) is 0 Å². The smallest absolute Gasteiger partial charge is 0.337 e. The van der Waals surface area contributed by atoms with E-state index in [0.29, 0.717) is 13.4 Å². The van der Waals surface area contributed by atoms with Crippen LogP contribution in [-0.2, 0) is 0 Å². The summed E-state index contributed by atoms with van der Waals surface area (Å²) in [6.45, 7) is 1.98. The van der Waals surface area contributed by atoms with Crippen LogP contribution >= 0.6 is 47.8 Å². The fourth-order valence-electron chi connectivity index (χ4n) is 1.41. The van der Waals surface area contributed by atoms with E-state index in [1.165, 1.54) is 6.07 Å². The van der Waals surface area contributed by atoms with Crippen molar-refractivity contribution in [2.45, 2.75) is 6.92 Å². The van der Waals surface area contributed by atoms with E-state index in [1.54, 1.807) is 6.92 Å². The zero-order valence-corrected chi connectivity index (χ0v) is 15.2. The average Bonchev–Trinajstić information content (AvgIpc) is 2.40. The molecule has 0 bridgehead atoms. The maximum absolute atomic E-state index is 12.1. The summed E-state index contributed by atoms with van der Waals surface area (Å²) in [7, 11) is 0. The molecule has 0 spiro atoms. The number of hydrogen-bond acceptors (Lipinski definition) is 3. The summed E-state index contributed by atoms with van der Waals surface area (Å²) in [6, 6.07) is 1.44. The van der Waals surface area contributed by atoms with Gasteiger partial charge in [-0.25, -0.2) is 4.79 Å². The molecule has 0 saturated heterocycles. The van der Waals surface area contributed by atoms with Crippen molar-refractivity contribution >= 4 is 59.7 Å². The van der Waals surface area contributed by atoms with E-state index in [2.05, 4.69) is 53.1 Å². The molecule has 5 nitrogen and oxygen atoms in total. The molecule has 0 aliphatic carbocycles. The van der Waals surface area contributed by atoms with Crippen LogP contribution in [0.15, 0.2) is 19.5 Å². The second-order valence-corrected chi connectivity index (χ2v) is 6.65. The van der Waals surface area contributed by atoms with Crippen LogP contribution in [0.1, 0.15) is 27.6 Å². The van der Waals surface area contributed by atoms with Crippen molar-refractivity contribution in [3.63, 3.8) is 0 Å². The molecule has 8 heteroatoms. The minimum absolute atomic E-state index is 0.0459. The summed E-state index contributed by atoms with van der Waals surface area (Å²) in [5.74, 6) is -1.81. The van der Waals surface area contributed by atoms with Crippen LogP contribution in [0.2, 0.25) is 0 Å². The van der Waals surface area contributed by atoms with Crippen LogP contribution in [0.5, 0.6) is 0 Å². The molecular weight excluding hydrogens is 462 g/mol. The van der Waals surface area contributed by atoms with Gasteiger partial charge in [0.1, 0.15) is 0 Å². The number of rotatable bonds is 5. The topological polar surface area (TPSA) is 86.6 Å². The van der Waals surface area contributed by atoms with Crippen molar-refractivity contribution in [1.29, 1.82) is 0 Å². The molecule has 0 aliphatic heterocycles. The number of aliphatic hydroxyl groups excluding tert-OH is 1. The number of carbonyl (C=O) groups is 2. The lowest BCUT2D eigenvalue weighted by Gasteiger charge is -2.13. The molecule has 110 valence electrons. The molecule has 0 aromatic heterocycles. The molecular formula is C12H12Br3NO4. The lowest BCUT2D eigenvalue weighted by Crippen LogP contribution is -2.31. The maximum atomic E-state index is 12.1. The Hall–Kier alpha value is -0.440. The van der Waals surface area contributed by atoms with Crippen molar-refractivity contribution < 1.29 is 19.8 Å². The summed E-state index contributed by atoms with van der Waals surface area (Å²) in [5.41, 5.74) is -0.0705. The van der Waals surface area contributed by atoms with Gasteiger partial charge >= 0.3 is 5.97 Å². The summed E-state index contributed by atoms with van der Waals surface area (Å²) < 4.78 is 1.38. The molecule has 1 unspecified atom stereocenters. The molecule has 1 atom stereocenters. The first-order chi connectivity index (χ1) is 9.29. The molecule has 3 N–H and O–H groups in total.